The number of esters is 1. The fourth-order valence-corrected chi connectivity index (χ4v) is 2.73. The van der Waals surface area contributed by atoms with Gasteiger partial charge in [-0.1, -0.05) is 11.6 Å². The zero-order valence-corrected chi connectivity index (χ0v) is 15.6. The lowest BCUT2D eigenvalue weighted by Gasteiger charge is -2.12. The number of halogens is 1. The van der Waals surface area contributed by atoms with E-state index in [0.29, 0.717) is 39.0 Å². The number of carbonyl (C=O) groups is 2. The molecule has 1 aromatic carbocycles. The predicted molar refractivity (Wildman–Crippen MR) is 96.8 cm³/mol. The molecule has 2 aromatic rings. The molecule has 0 aliphatic carbocycles. The first-order valence-corrected chi connectivity index (χ1v) is 8.17. The SMILES string of the molecule is COC(=O)c1c(C)[nH]c(C(=O)Nc2ccc(OC(C)C)c(Cl)c2)c1C. The summed E-state index contributed by atoms with van der Waals surface area (Å²) in [6.45, 7) is 7.21. The number of anilines is 1. The van der Waals surface area contributed by atoms with E-state index in [1.54, 1.807) is 32.0 Å². The number of aromatic nitrogens is 1. The molecule has 1 heterocycles. The number of methoxy groups -OCH3 is 1. The van der Waals surface area contributed by atoms with Gasteiger partial charge in [0.05, 0.1) is 23.8 Å². The molecule has 2 rings (SSSR count). The van der Waals surface area contributed by atoms with E-state index >= 15 is 0 Å². The van der Waals surface area contributed by atoms with E-state index in [1.807, 2.05) is 13.8 Å². The Hall–Kier alpha value is -2.47. The number of rotatable bonds is 5. The molecule has 0 aliphatic rings. The van der Waals surface area contributed by atoms with Crippen molar-refractivity contribution in [2.75, 3.05) is 12.4 Å². The summed E-state index contributed by atoms with van der Waals surface area (Å²) in [6, 6.07) is 5.02. The van der Waals surface area contributed by atoms with Crippen molar-refractivity contribution in [1.82, 2.24) is 4.98 Å². The molecule has 0 bridgehead atoms. The van der Waals surface area contributed by atoms with Crippen molar-refractivity contribution in [3.8, 4) is 5.75 Å². The average molecular weight is 365 g/mol. The summed E-state index contributed by atoms with van der Waals surface area (Å²) < 4.78 is 10.3. The second kappa shape index (κ2) is 7.61. The molecule has 25 heavy (non-hydrogen) atoms. The zero-order valence-electron chi connectivity index (χ0n) is 14.8. The molecule has 0 fully saturated rings. The summed E-state index contributed by atoms with van der Waals surface area (Å²) in [7, 11) is 1.30. The van der Waals surface area contributed by atoms with Crippen LogP contribution < -0.4 is 10.1 Å². The van der Waals surface area contributed by atoms with Gasteiger partial charge < -0.3 is 19.8 Å². The fraction of sp³-hybridized carbons (Fsp3) is 0.333. The van der Waals surface area contributed by atoms with Crippen LogP contribution in [0.5, 0.6) is 5.75 Å². The molecule has 2 N–H and O–H groups in total. The van der Waals surface area contributed by atoms with Crippen molar-refractivity contribution in [1.29, 1.82) is 0 Å². The Balaban J connectivity index is 2.23. The number of ether oxygens (including phenoxy) is 2. The number of aromatic amines is 1. The van der Waals surface area contributed by atoms with E-state index in [0.717, 1.165) is 0 Å². The van der Waals surface area contributed by atoms with Crippen LogP contribution in [0.4, 0.5) is 5.69 Å². The Morgan fingerprint density at radius 2 is 1.92 bits per heavy atom. The summed E-state index contributed by atoms with van der Waals surface area (Å²) >= 11 is 6.18. The summed E-state index contributed by atoms with van der Waals surface area (Å²) in [4.78, 5) is 27.3. The lowest BCUT2D eigenvalue weighted by Crippen LogP contribution is -2.14. The van der Waals surface area contributed by atoms with Crippen LogP contribution in [0.15, 0.2) is 18.2 Å². The van der Waals surface area contributed by atoms with Crippen LogP contribution in [0.25, 0.3) is 0 Å². The van der Waals surface area contributed by atoms with Crippen LogP contribution in [-0.4, -0.2) is 30.1 Å². The van der Waals surface area contributed by atoms with Gasteiger partial charge in [0.25, 0.3) is 5.91 Å². The highest BCUT2D eigenvalue weighted by molar-refractivity contribution is 6.32. The number of benzene rings is 1. The highest BCUT2D eigenvalue weighted by Gasteiger charge is 2.22. The van der Waals surface area contributed by atoms with Crippen molar-refractivity contribution in [3.05, 3.63) is 45.7 Å². The first-order valence-electron chi connectivity index (χ1n) is 7.79. The van der Waals surface area contributed by atoms with E-state index in [1.165, 1.54) is 7.11 Å². The quantitative estimate of drug-likeness (QED) is 0.782. The van der Waals surface area contributed by atoms with Crippen LogP contribution in [0.1, 0.15) is 46.0 Å². The minimum absolute atomic E-state index is 0.000716. The largest absolute Gasteiger partial charge is 0.489 e. The molecule has 0 spiro atoms. The molecule has 6 nitrogen and oxygen atoms in total. The molecule has 0 saturated carbocycles. The van der Waals surface area contributed by atoms with Crippen LogP contribution in [0.3, 0.4) is 0 Å². The summed E-state index contributed by atoms with van der Waals surface area (Å²) in [6.07, 6.45) is -0.000716. The van der Waals surface area contributed by atoms with Crippen LogP contribution >= 0.6 is 11.6 Å². The van der Waals surface area contributed by atoms with E-state index < -0.39 is 5.97 Å². The molecule has 7 heteroatoms. The first kappa shape index (κ1) is 18.9. The number of nitrogens with one attached hydrogen (secondary N) is 2. The monoisotopic (exact) mass is 364 g/mol. The first-order chi connectivity index (χ1) is 11.7. The maximum atomic E-state index is 12.5. The molecular formula is C18H21ClN2O4. The molecule has 0 saturated heterocycles. The maximum absolute atomic E-state index is 12.5. The summed E-state index contributed by atoms with van der Waals surface area (Å²) in [5.41, 5.74) is 2.31. The molecular weight excluding hydrogens is 344 g/mol. The van der Waals surface area contributed by atoms with E-state index in [-0.39, 0.29) is 12.0 Å². The highest BCUT2D eigenvalue weighted by atomic mass is 35.5. The van der Waals surface area contributed by atoms with Crippen LogP contribution in [0.2, 0.25) is 5.02 Å². The Morgan fingerprint density at radius 3 is 2.48 bits per heavy atom. The molecule has 0 atom stereocenters. The lowest BCUT2D eigenvalue weighted by atomic mass is 10.1. The Labute approximate surface area is 151 Å². The number of carbonyl (C=O) groups excluding carboxylic acids is 2. The highest BCUT2D eigenvalue weighted by Crippen LogP contribution is 2.29. The minimum atomic E-state index is -0.483. The number of amides is 1. The Bertz CT molecular complexity index is 812. The smallest absolute Gasteiger partial charge is 0.339 e. The van der Waals surface area contributed by atoms with Gasteiger partial charge in [-0.2, -0.15) is 0 Å². The maximum Gasteiger partial charge on any atom is 0.339 e. The van der Waals surface area contributed by atoms with Crippen molar-refractivity contribution >= 4 is 29.2 Å². The molecule has 0 aliphatic heterocycles. The van der Waals surface area contributed by atoms with Gasteiger partial charge in [0.1, 0.15) is 11.4 Å². The van der Waals surface area contributed by atoms with Gasteiger partial charge in [-0.25, -0.2) is 4.79 Å². The zero-order chi connectivity index (χ0) is 18.7. The van der Waals surface area contributed by atoms with Gasteiger partial charge in [0, 0.05) is 11.4 Å². The minimum Gasteiger partial charge on any atom is -0.489 e. The second-order valence-electron chi connectivity index (χ2n) is 5.88. The average Bonchev–Trinajstić information content (AvgIpc) is 2.84. The third-order valence-corrected chi connectivity index (χ3v) is 3.90. The Morgan fingerprint density at radius 1 is 1.24 bits per heavy atom. The normalized spacial score (nSPS) is 10.7. The third kappa shape index (κ3) is 4.14. The topological polar surface area (TPSA) is 80.4 Å². The number of aryl methyl sites for hydroxylation is 1. The van der Waals surface area contributed by atoms with Crippen molar-refractivity contribution in [2.24, 2.45) is 0 Å². The third-order valence-electron chi connectivity index (χ3n) is 3.61. The predicted octanol–water partition coefficient (Wildman–Crippen LogP) is 4.11. The van der Waals surface area contributed by atoms with Gasteiger partial charge in [0.15, 0.2) is 0 Å². The van der Waals surface area contributed by atoms with Crippen molar-refractivity contribution in [3.63, 3.8) is 0 Å². The molecule has 1 amide bonds. The molecule has 0 unspecified atom stereocenters. The summed E-state index contributed by atoms with van der Waals surface area (Å²) in [5, 5.41) is 3.16. The van der Waals surface area contributed by atoms with Crippen molar-refractivity contribution < 1.29 is 19.1 Å². The number of hydrogen-bond donors (Lipinski definition) is 2. The van der Waals surface area contributed by atoms with Gasteiger partial charge in [-0.05, 0) is 51.5 Å². The van der Waals surface area contributed by atoms with E-state index in [2.05, 4.69) is 10.3 Å². The number of hydrogen-bond acceptors (Lipinski definition) is 4. The van der Waals surface area contributed by atoms with Gasteiger partial charge in [0.2, 0.25) is 0 Å². The molecule has 0 radical (unpaired) electrons. The number of H-pyrrole nitrogens is 1. The van der Waals surface area contributed by atoms with E-state index in [4.69, 9.17) is 21.1 Å². The van der Waals surface area contributed by atoms with Gasteiger partial charge in [-0.3, -0.25) is 4.79 Å². The molecule has 1 aromatic heterocycles. The molecule has 134 valence electrons. The van der Waals surface area contributed by atoms with Gasteiger partial charge >= 0.3 is 5.97 Å². The van der Waals surface area contributed by atoms with Gasteiger partial charge in [-0.15, -0.1) is 0 Å². The Kier molecular flexibility index (Phi) is 5.74. The fourth-order valence-electron chi connectivity index (χ4n) is 2.51. The summed E-state index contributed by atoms with van der Waals surface area (Å²) in [5.74, 6) is -0.303. The van der Waals surface area contributed by atoms with Crippen LogP contribution in [-0.2, 0) is 4.74 Å². The lowest BCUT2D eigenvalue weighted by molar-refractivity contribution is 0.0599. The van der Waals surface area contributed by atoms with Crippen LogP contribution in [0, 0.1) is 13.8 Å². The van der Waals surface area contributed by atoms with E-state index in [9.17, 15) is 9.59 Å². The second-order valence-corrected chi connectivity index (χ2v) is 6.29. The van der Waals surface area contributed by atoms with Crippen molar-refractivity contribution in [2.45, 2.75) is 33.8 Å². The standard InChI is InChI=1S/C18H21ClN2O4/c1-9(2)25-14-7-6-12(8-13(14)19)21-17(22)16-10(3)15(11(4)20-16)18(23)24-5/h6-9,20H,1-5H3,(H,21,22).